The molecular formula is C13H20N2O3. The number of nitrogens with two attached hydrogens (primary N) is 1. The van der Waals surface area contributed by atoms with Gasteiger partial charge in [-0.05, 0) is 30.5 Å². The Hall–Kier alpha value is -1.59. The Morgan fingerprint density at radius 1 is 1.39 bits per heavy atom. The Bertz CT molecular complexity index is 374. The fourth-order valence-corrected chi connectivity index (χ4v) is 1.56. The summed E-state index contributed by atoms with van der Waals surface area (Å²) in [5, 5.41) is 20.8. The Morgan fingerprint density at radius 3 is 2.50 bits per heavy atom. The van der Waals surface area contributed by atoms with Gasteiger partial charge in [0.05, 0.1) is 18.7 Å². The number of aliphatic hydroxyl groups excluding tert-OH is 1. The fraction of sp³-hybridized carbons (Fsp3) is 0.462. The molecule has 0 fully saturated rings. The third kappa shape index (κ3) is 4.35. The van der Waals surface area contributed by atoms with Crippen LogP contribution in [0.1, 0.15) is 18.9 Å². The first-order valence-corrected chi connectivity index (χ1v) is 6.01. The Morgan fingerprint density at radius 2 is 2.00 bits per heavy atom. The van der Waals surface area contributed by atoms with Crippen molar-refractivity contribution in [3.63, 3.8) is 0 Å². The average molecular weight is 252 g/mol. The smallest absolute Gasteiger partial charge is 0.237 e. The summed E-state index contributed by atoms with van der Waals surface area (Å²) < 4.78 is 0. The number of amides is 1. The topological polar surface area (TPSA) is 95.6 Å². The van der Waals surface area contributed by atoms with Crippen LogP contribution in [0.15, 0.2) is 24.3 Å². The lowest BCUT2D eigenvalue weighted by Gasteiger charge is -2.17. The highest BCUT2D eigenvalue weighted by atomic mass is 16.3. The number of aliphatic hydroxyl groups is 1. The van der Waals surface area contributed by atoms with Crippen molar-refractivity contribution in [2.24, 2.45) is 5.73 Å². The van der Waals surface area contributed by atoms with Crippen LogP contribution in [0.5, 0.6) is 5.75 Å². The van der Waals surface area contributed by atoms with Crippen molar-refractivity contribution in [2.45, 2.75) is 31.8 Å². The third-order valence-electron chi connectivity index (χ3n) is 2.79. The van der Waals surface area contributed by atoms with Gasteiger partial charge in [0, 0.05) is 0 Å². The molecule has 0 saturated carbocycles. The number of aromatic hydroxyl groups is 1. The molecule has 0 saturated heterocycles. The molecule has 0 spiro atoms. The van der Waals surface area contributed by atoms with E-state index in [0.29, 0.717) is 12.8 Å². The van der Waals surface area contributed by atoms with E-state index in [1.807, 2.05) is 6.92 Å². The maximum absolute atomic E-state index is 11.7. The summed E-state index contributed by atoms with van der Waals surface area (Å²) in [6, 6.07) is 5.67. The van der Waals surface area contributed by atoms with Crippen molar-refractivity contribution >= 4 is 5.91 Å². The number of hydrogen-bond acceptors (Lipinski definition) is 4. The van der Waals surface area contributed by atoms with E-state index in [9.17, 15) is 4.79 Å². The van der Waals surface area contributed by atoms with Crippen molar-refractivity contribution in [1.82, 2.24) is 5.32 Å². The number of nitrogens with one attached hydrogen (secondary N) is 1. The number of carbonyl (C=O) groups is 1. The number of carbonyl (C=O) groups excluding carboxylic acids is 1. The summed E-state index contributed by atoms with van der Waals surface area (Å²) in [6.45, 7) is 1.79. The van der Waals surface area contributed by atoms with Crippen LogP contribution in [0.2, 0.25) is 0 Å². The van der Waals surface area contributed by atoms with E-state index in [1.165, 1.54) is 0 Å². The monoisotopic (exact) mass is 252 g/mol. The predicted molar refractivity (Wildman–Crippen MR) is 69.1 cm³/mol. The van der Waals surface area contributed by atoms with Crippen molar-refractivity contribution in [3.05, 3.63) is 29.8 Å². The summed E-state index contributed by atoms with van der Waals surface area (Å²) in [5.74, 6) is -0.0907. The summed E-state index contributed by atoms with van der Waals surface area (Å²) in [6.07, 6.45) is 1.06. The highest BCUT2D eigenvalue weighted by molar-refractivity contribution is 5.82. The Labute approximate surface area is 107 Å². The molecule has 0 aromatic heterocycles. The quantitative estimate of drug-likeness (QED) is 0.579. The zero-order chi connectivity index (χ0) is 13.5. The van der Waals surface area contributed by atoms with E-state index in [-0.39, 0.29) is 24.3 Å². The molecule has 0 heterocycles. The maximum atomic E-state index is 11.7. The van der Waals surface area contributed by atoms with Crippen LogP contribution in [0.3, 0.4) is 0 Å². The SMILES string of the molecule is CC[C@H](CO)NC(=O)C(N)Cc1ccc(O)cc1. The van der Waals surface area contributed by atoms with Crippen molar-refractivity contribution in [3.8, 4) is 5.75 Å². The summed E-state index contributed by atoms with van der Waals surface area (Å²) in [4.78, 5) is 11.7. The summed E-state index contributed by atoms with van der Waals surface area (Å²) in [5.41, 5.74) is 6.67. The summed E-state index contributed by atoms with van der Waals surface area (Å²) in [7, 11) is 0. The van der Waals surface area contributed by atoms with Gasteiger partial charge in [-0.25, -0.2) is 0 Å². The van der Waals surface area contributed by atoms with Crippen molar-refractivity contribution in [2.75, 3.05) is 6.61 Å². The lowest BCUT2D eigenvalue weighted by atomic mass is 10.1. The van der Waals surface area contributed by atoms with Crippen LogP contribution in [0.25, 0.3) is 0 Å². The molecule has 0 aliphatic heterocycles. The number of benzene rings is 1. The van der Waals surface area contributed by atoms with Gasteiger partial charge in [-0.2, -0.15) is 0 Å². The summed E-state index contributed by atoms with van der Waals surface area (Å²) >= 11 is 0. The van der Waals surface area contributed by atoms with E-state index in [1.54, 1.807) is 24.3 Å². The minimum Gasteiger partial charge on any atom is -0.508 e. The molecule has 5 nitrogen and oxygen atoms in total. The second-order valence-electron chi connectivity index (χ2n) is 4.27. The number of phenolic OH excluding ortho intramolecular Hbond substituents is 1. The van der Waals surface area contributed by atoms with Crippen LogP contribution in [-0.2, 0) is 11.2 Å². The van der Waals surface area contributed by atoms with Gasteiger partial charge in [-0.3, -0.25) is 4.79 Å². The molecule has 1 rings (SSSR count). The normalized spacial score (nSPS) is 13.9. The minimum atomic E-state index is -0.657. The van der Waals surface area contributed by atoms with Crippen molar-refractivity contribution < 1.29 is 15.0 Å². The van der Waals surface area contributed by atoms with Gasteiger partial charge in [0.1, 0.15) is 5.75 Å². The molecular weight excluding hydrogens is 232 g/mol. The van der Waals surface area contributed by atoms with Gasteiger partial charge in [0.25, 0.3) is 0 Å². The molecule has 0 bridgehead atoms. The minimum absolute atomic E-state index is 0.0891. The van der Waals surface area contributed by atoms with E-state index in [2.05, 4.69) is 5.32 Å². The van der Waals surface area contributed by atoms with Crippen LogP contribution in [0, 0.1) is 0 Å². The second kappa shape index (κ2) is 6.98. The van der Waals surface area contributed by atoms with Crippen molar-refractivity contribution in [1.29, 1.82) is 0 Å². The molecule has 2 atom stereocenters. The van der Waals surface area contributed by atoms with Crippen LogP contribution < -0.4 is 11.1 Å². The van der Waals surface area contributed by atoms with E-state index in [4.69, 9.17) is 15.9 Å². The molecule has 5 N–H and O–H groups in total. The van der Waals surface area contributed by atoms with Gasteiger partial charge >= 0.3 is 0 Å². The number of phenols is 1. The molecule has 1 unspecified atom stereocenters. The molecule has 0 radical (unpaired) electrons. The molecule has 1 aromatic rings. The zero-order valence-corrected chi connectivity index (χ0v) is 10.5. The second-order valence-corrected chi connectivity index (χ2v) is 4.27. The van der Waals surface area contributed by atoms with Gasteiger partial charge in [-0.1, -0.05) is 19.1 Å². The van der Waals surface area contributed by atoms with E-state index in [0.717, 1.165) is 5.56 Å². The molecule has 100 valence electrons. The highest BCUT2D eigenvalue weighted by Crippen LogP contribution is 2.10. The van der Waals surface area contributed by atoms with Crippen LogP contribution in [-0.4, -0.2) is 34.8 Å². The largest absolute Gasteiger partial charge is 0.508 e. The number of rotatable bonds is 6. The van der Waals surface area contributed by atoms with Crippen LogP contribution >= 0.6 is 0 Å². The highest BCUT2D eigenvalue weighted by Gasteiger charge is 2.17. The van der Waals surface area contributed by atoms with Gasteiger partial charge in [-0.15, -0.1) is 0 Å². The molecule has 1 amide bonds. The standard InChI is InChI=1S/C13H20N2O3/c1-2-10(8-16)15-13(18)12(14)7-9-3-5-11(17)6-4-9/h3-6,10,12,16-17H,2,7-8,14H2,1H3,(H,15,18)/t10-,12?/m1/s1. The fourth-order valence-electron chi connectivity index (χ4n) is 1.56. The van der Waals surface area contributed by atoms with Gasteiger partial charge in [0.15, 0.2) is 0 Å². The molecule has 18 heavy (non-hydrogen) atoms. The number of hydrogen-bond donors (Lipinski definition) is 4. The molecule has 5 heteroatoms. The third-order valence-corrected chi connectivity index (χ3v) is 2.79. The first-order valence-electron chi connectivity index (χ1n) is 6.01. The molecule has 1 aromatic carbocycles. The molecule has 0 aliphatic carbocycles. The van der Waals surface area contributed by atoms with E-state index >= 15 is 0 Å². The first kappa shape index (κ1) is 14.5. The predicted octanol–water partition coefficient (Wildman–Crippen LogP) is 0.149. The Balaban J connectivity index is 2.51. The lowest BCUT2D eigenvalue weighted by molar-refractivity contribution is -0.123. The van der Waals surface area contributed by atoms with Gasteiger partial charge < -0.3 is 21.3 Å². The first-order chi connectivity index (χ1) is 8.56. The lowest BCUT2D eigenvalue weighted by Crippen LogP contribution is -2.47. The Kier molecular flexibility index (Phi) is 5.61. The van der Waals surface area contributed by atoms with Gasteiger partial charge in [0.2, 0.25) is 5.91 Å². The molecule has 0 aliphatic rings. The van der Waals surface area contributed by atoms with E-state index < -0.39 is 6.04 Å². The average Bonchev–Trinajstić information content (AvgIpc) is 2.38. The maximum Gasteiger partial charge on any atom is 0.237 e. The zero-order valence-electron chi connectivity index (χ0n) is 10.5. The van der Waals surface area contributed by atoms with Crippen LogP contribution in [0.4, 0.5) is 0 Å².